The van der Waals surface area contributed by atoms with Crippen LogP contribution in [0, 0.1) is 0 Å². The summed E-state index contributed by atoms with van der Waals surface area (Å²) in [6, 6.07) is 15.3. The first kappa shape index (κ1) is 15.1. The van der Waals surface area contributed by atoms with Crippen LogP contribution in [-0.4, -0.2) is 25.0 Å². The Bertz CT molecular complexity index is 600. The molecule has 1 N–H and O–H groups in total. The molecule has 3 nitrogen and oxygen atoms in total. The molecule has 21 heavy (non-hydrogen) atoms. The normalized spacial score (nSPS) is 13.0. The minimum absolute atomic E-state index is 0.275. The summed E-state index contributed by atoms with van der Waals surface area (Å²) in [5, 5.41) is 9.37. The SMILES string of the molecule is CN=C(CC(C)c1ccc(OC)cc1)c1ccc(O)cc1. The number of hydrogen-bond acceptors (Lipinski definition) is 3. The zero-order chi connectivity index (χ0) is 15.2. The molecule has 0 radical (unpaired) electrons. The molecule has 1 unspecified atom stereocenters. The third kappa shape index (κ3) is 3.85. The van der Waals surface area contributed by atoms with Crippen molar-refractivity contribution in [2.75, 3.05) is 14.2 Å². The molecule has 0 aliphatic heterocycles. The predicted molar refractivity (Wildman–Crippen MR) is 86.6 cm³/mol. The van der Waals surface area contributed by atoms with Gasteiger partial charge in [0.2, 0.25) is 0 Å². The van der Waals surface area contributed by atoms with Gasteiger partial charge in [0, 0.05) is 12.8 Å². The first-order valence-corrected chi connectivity index (χ1v) is 7.03. The molecule has 0 heterocycles. The van der Waals surface area contributed by atoms with Crippen LogP contribution in [0.5, 0.6) is 11.5 Å². The Hall–Kier alpha value is -2.29. The van der Waals surface area contributed by atoms with Crippen molar-refractivity contribution in [3.63, 3.8) is 0 Å². The number of phenolic OH excluding ortho intramolecular Hbond substituents is 1. The van der Waals surface area contributed by atoms with Crippen LogP contribution in [0.1, 0.15) is 30.4 Å². The molecule has 2 rings (SSSR count). The standard InChI is InChI=1S/C18H21NO2/c1-13(14-6-10-17(21-3)11-7-14)12-18(19-2)15-4-8-16(20)9-5-15/h4-11,13,20H,12H2,1-3H3. The second kappa shape index (κ2) is 6.93. The molecule has 0 bridgehead atoms. The monoisotopic (exact) mass is 283 g/mol. The van der Waals surface area contributed by atoms with E-state index in [1.54, 1.807) is 19.2 Å². The Morgan fingerprint density at radius 2 is 1.71 bits per heavy atom. The van der Waals surface area contributed by atoms with Crippen molar-refractivity contribution in [2.45, 2.75) is 19.3 Å². The lowest BCUT2D eigenvalue weighted by Crippen LogP contribution is -2.06. The summed E-state index contributed by atoms with van der Waals surface area (Å²) in [5.74, 6) is 1.51. The fourth-order valence-electron chi connectivity index (χ4n) is 2.33. The predicted octanol–water partition coefficient (Wildman–Crippen LogP) is 4.01. The van der Waals surface area contributed by atoms with E-state index >= 15 is 0 Å². The topological polar surface area (TPSA) is 41.8 Å². The van der Waals surface area contributed by atoms with E-state index in [-0.39, 0.29) is 5.75 Å². The zero-order valence-electron chi connectivity index (χ0n) is 12.7. The highest BCUT2D eigenvalue weighted by atomic mass is 16.5. The number of hydrogen-bond donors (Lipinski definition) is 1. The van der Waals surface area contributed by atoms with Crippen LogP contribution >= 0.6 is 0 Å². The summed E-state index contributed by atoms with van der Waals surface area (Å²) in [5.41, 5.74) is 3.35. The lowest BCUT2D eigenvalue weighted by molar-refractivity contribution is 0.414. The van der Waals surface area contributed by atoms with E-state index in [1.165, 1.54) is 5.56 Å². The van der Waals surface area contributed by atoms with Gasteiger partial charge in [-0.2, -0.15) is 0 Å². The summed E-state index contributed by atoms with van der Waals surface area (Å²) >= 11 is 0. The van der Waals surface area contributed by atoms with Crippen molar-refractivity contribution in [3.8, 4) is 11.5 Å². The third-order valence-corrected chi connectivity index (χ3v) is 3.65. The Morgan fingerprint density at radius 3 is 2.24 bits per heavy atom. The van der Waals surface area contributed by atoms with Gasteiger partial charge in [-0.25, -0.2) is 0 Å². The molecule has 0 saturated carbocycles. The average Bonchev–Trinajstić information content (AvgIpc) is 2.53. The largest absolute Gasteiger partial charge is 0.508 e. The lowest BCUT2D eigenvalue weighted by Gasteiger charge is -2.14. The van der Waals surface area contributed by atoms with Gasteiger partial charge in [-0.3, -0.25) is 4.99 Å². The summed E-state index contributed by atoms with van der Waals surface area (Å²) < 4.78 is 5.18. The number of ether oxygens (including phenoxy) is 1. The van der Waals surface area contributed by atoms with Gasteiger partial charge in [-0.15, -0.1) is 0 Å². The van der Waals surface area contributed by atoms with E-state index in [1.807, 2.05) is 31.3 Å². The Morgan fingerprint density at radius 1 is 1.10 bits per heavy atom. The Kier molecular flexibility index (Phi) is 4.99. The molecule has 0 aromatic heterocycles. The van der Waals surface area contributed by atoms with E-state index in [2.05, 4.69) is 24.0 Å². The maximum atomic E-state index is 9.37. The highest BCUT2D eigenvalue weighted by molar-refractivity contribution is 6.01. The molecule has 2 aromatic rings. The van der Waals surface area contributed by atoms with E-state index in [9.17, 15) is 5.11 Å². The lowest BCUT2D eigenvalue weighted by atomic mass is 9.92. The van der Waals surface area contributed by atoms with Gasteiger partial charge in [0.1, 0.15) is 11.5 Å². The highest BCUT2D eigenvalue weighted by Gasteiger charge is 2.11. The maximum absolute atomic E-state index is 9.37. The molecule has 0 aliphatic carbocycles. The quantitative estimate of drug-likeness (QED) is 0.842. The first-order valence-electron chi connectivity index (χ1n) is 7.03. The molecular weight excluding hydrogens is 262 g/mol. The number of methoxy groups -OCH3 is 1. The number of rotatable bonds is 5. The fraction of sp³-hybridized carbons (Fsp3) is 0.278. The third-order valence-electron chi connectivity index (χ3n) is 3.65. The van der Waals surface area contributed by atoms with Gasteiger partial charge >= 0.3 is 0 Å². The van der Waals surface area contributed by atoms with E-state index in [0.717, 1.165) is 23.4 Å². The number of aromatic hydroxyl groups is 1. The van der Waals surface area contributed by atoms with Crippen molar-refractivity contribution < 1.29 is 9.84 Å². The summed E-state index contributed by atoms with van der Waals surface area (Å²) in [7, 11) is 3.48. The van der Waals surface area contributed by atoms with Gasteiger partial charge in [-0.1, -0.05) is 19.1 Å². The van der Waals surface area contributed by atoms with Gasteiger partial charge in [0.25, 0.3) is 0 Å². The van der Waals surface area contributed by atoms with Gasteiger partial charge < -0.3 is 9.84 Å². The summed E-state index contributed by atoms with van der Waals surface area (Å²) in [4.78, 5) is 4.40. The minimum atomic E-state index is 0.275. The van der Waals surface area contributed by atoms with Crippen LogP contribution in [0.4, 0.5) is 0 Å². The van der Waals surface area contributed by atoms with Crippen LogP contribution in [0.3, 0.4) is 0 Å². The van der Waals surface area contributed by atoms with E-state index in [0.29, 0.717) is 5.92 Å². The second-order valence-corrected chi connectivity index (χ2v) is 5.10. The van der Waals surface area contributed by atoms with Crippen LogP contribution < -0.4 is 4.74 Å². The van der Waals surface area contributed by atoms with Crippen molar-refractivity contribution in [2.24, 2.45) is 4.99 Å². The van der Waals surface area contributed by atoms with Gasteiger partial charge in [0.15, 0.2) is 0 Å². The summed E-state index contributed by atoms with van der Waals surface area (Å²) in [6.45, 7) is 2.19. The molecular formula is C18H21NO2. The molecule has 0 spiro atoms. The Labute approximate surface area is 125 Å². The van der Waals surface area contributed by atoms with Crippen LogP contribution in [0.25, 0.3) is 0 Å². The number of nitrogens with zero attached hydrogens (tertiary/aromatic N) is 1. The molecule has 2 aromatic carbocycles. The molecule has 3 heteroatoms. The molecule has 0 saturated heterocycles. The van der Waals surface area contributed by atoms with Gasteiger partial charge in [-0.05, 0) is 59.9 Å². The minimum Gasteiger partial charge on any atom is -0.508 e. The first-order chi connectivity index (χ1) is 10.1. The smallest absolute Gasteiger partial charge is 0.118 e. The molecule has 0 aliphatic rings. The van der Waals surface area contributed by atoms with Crippen LogP contribution in [-0.2, 0) is 0 Å². The fourth-order valence-corrected chi connectivity index (χ4v) is 2.33. The Balaban J connectivity index is 2.12. The highest BCUT2D eigenvalue weighted by Crippen LogP contribution is 2.24. The summed E-state index contributed by atoms with van der Waals surface area (Å²) in [6.07, 6.45) is 0.855. The van der Waals surface area contributed by atoms with Crippen molar-refractivity contribution >= 4 is 5.71 Å². The second-order valence-electron chi connectivity index (χ2n) is 5.10. The van der Waals surface area contributed by atoms with Crippen molar-refractivity contribution in [1.82, 2.24) is 0 Å². The van der Waals surface area contributed by atoms with Crippen molar-refractivity contribution in [1.29, 1.82) is 0 Å². The molecule has 1 atom stereocenters. The number of phenols is 1. The molecule has 0 amide bonds. The molecule has 110 valence electrons. The van der Waals surface area contributed by atoms with E-state index < -0.39 is 0 Å². The average molecular weight is 283 g/mol. The van der Waals surface area contributed by atoms with Crippen LogP contribution in [0.15, 0.2) is 53.5 Å². The van der Waals surface area contributed by atoms with Gasteiger partial charge in [0.05, 0.1) is 7.11 Å². The zero-order valence-corrected chi connectivity index (χ0v) is 12.7. The van der Waals surface area contributed by atoms with E-state index in [4.69, 9.17) is 4.74 Å². The van der Waals surface area contributed by atoms with Crippen LogP contribution in [0.2, 0.25) is 0 Å². The maximum Gasteiger partial charge on any atom is 0.118 e. The number of benzene rings is 2. The van der Waals surface area contributed by atoms with Crippen molar-refractivity contribution in [3.05, 3.63) is 59.7 Å². The number of aliphatic imine (C=N–C) groups is 1. The molecule has 0 fully saturated rings.